The van der Waals surface area contributed by atoms with Crippen molar-refractivity contribution >= 4 is 0 Å². The molecule has 0 unspecified atom stereocenters. The molecule has 0 saturated heterocycles. The lowest BCUT2D eigenvalue weighted by atomic mass is 9.72. The van der Waals surface area contributed by atoms with Crippen LogP contribution in [0.15, 0.2) is 29.3 Å². The first-order valence-corrected chi connectivity index (χ1v) is 8.24. The van der Waals surface area contributed by atoms with E-state index in [9.17, 15) is 4.79 Å². The van der Waals surface area contributed by atoms with Gasteiger partial charge in [-0.2, -0.15) is 5.90 Å². The molecule has 0 atom stereocenters. The molecule has 3 rings (SSSR count). The summed E-state index contributed by atoms with van der Waals surface area (Å²) in [6.07, 6.45) is 9.28. The predicted molar refractivity (Wildman–Crippen MR) is 91.1 cm³/mol. The largest absolute Gasteiger partial charge is 0.411 e. The minimum absolute atomic E-state index is 0.154. The highest BCUT2D eigenvalue weighted by Crippen LogP contribution is 2.39. The molecule has 0 aliphatic heterocycles. The molecule has 2 aromatic rings. The van der Waals surface area contributed by atoms with Crippen molar-refractivity contribution in [2.45, 2.75) is 46.0 Å². The van der Waals surface area contributed by atoms with Crippen LogP contribution >= 0.6 is 0 Å². The van der Waals surface area contributed by atoms with Crippen molar-refractivity contribution in [1.82, 2.24) is 9.97 Å². The van der Waals surface area contributed by atoms with E-state index in [4.69, 9.17) is 10.7 Å². The summed E-state index contributed by atoms with van der Waals surface area (Å²) in [5.41, 5.74) is 2.45. The molecule has 0 aromatic carbocycles. The normalized spacial score (nSPS) is 18.0. The second-order valence-electron chi connectivity index (χ2n) is 7.39. The standard InChI is InChI=1S/C18H25N3O2/c1-18(2)6-3-12(4-7-18)9-14-10-15(23-19)16(17(22)21-14)13-5-8-20-11-13/h5,8,10-12,20H,3-4,6-7,9,19H2,1-2H3,(H,21,22). The van der Waals surface area contributed by atoms with Crippen LogP contribution in [0.1, 0.15) is 45.2 Å². The van der Waals surface area contributed by atoms with E-state index in [1.54, 1.807) is 12.4 Å². The maximum absolute atomic E-state index is 12.5. The van der Waals surface area contributed by atoms with Crippen LogP contribution in [0.4, 0.5) is 0 Å². The molecule has 1 fully saturated rings. The second-order valence-corrected chi connectivity index (χ2v) is 7.39. The summed E-state index contributed by atoms with van der Waals surface area (Å²) < 4.78 is 0. The van der Waals surface area contributed by atoms with E-state index in [1.165, 1.54) is 25.7 Å². The zero-order chi connectivity index (χ0) is 16.4. The molecular formula is C18H25N3O2. The fourth-order valence-electron chi connectivity index (χ4n) is 3.52. The number of H-pyrrole nitrogens is 2. The van der Waals surface area contributed by atoms with Gasteiger partial charge in [0.2, 0.25) is 0 Å². The summed E-state index contributed by atoms with van der Waals surface area (Å²) in [6, 6.07) is 3.69. The van der Waals surface area contributed by atoms with Gasteiger partial charge in [0, 0.05) is 29.7 Å². The Bertz CT molecular complexity index is 706. The molecule has 124 valence electrons. The third-order valence-electron chi connectivity index (χ3n) is 5.03. The molecule has 0 bridgehead atoms. The molecule has 4 N–H and O–H groups in total. The van der Waals surface area contributed by atoms with Crippen molar-refractivity contribution < 1.29 is 4.84 Å². The van der Waals surface area contributed by atoms with Crippen LogP contribution in [0.3, 0.4) is 0 Å². The van der Waals surface area contributed by atoms with E-state index in [2.05, 4.69) is 23.8 Å². The quantitative estimate of drug-likeness (QED) is 0.756. The van der Waals surface area contributed by atoms with Gasteiger partial charge in [-0.05, 0) is 49.5 Å². The summed E-state index contributed by atoms with van der Waals surface area (Å²) in [5, 5.41) is 0. The Labute approximate surface area is 136 Å². The highest BCUT2D eigenvalue weighted by Gasteiger charge is 2.27. The number of rotatable bonds is 4. The molecule has 0 spiro atoms. The van der Waals surface area contributed by atoms with E-state index in [0.717, 1.165) is 17.7 Å². The van der Waals surface area contributed by atoms with Crippen molar-refractivity contribution in [2.24, 2.45) is 17.2 Å². The minimum Gasteiger partial charge on any atom is -0.411 e. The molecule has 1 aliphatic carbocycles. The molecular weight excluding hydrogens is 290 g/mol. The predicted octanol–water partition coefficient (Wildman–Crippen LogP) is 3.38. The molecule has 0 amide bonds. The Morgan fingerprint density at radius 1 is 1.35 bits per heavy atom. The number of nitrogens with one attached hydrogen (secondary N) is 2. The van der Waals surface area contributed by atoms with E-state index in [0.29, 0.717) is 22.6 Å². The summed E-state index contributed by atoms with van der Waals surface area (Å²) in [4.78, 5) is 23.4. The van der Waals surface area contributed by atoms with Gasteiger partial charge in [-0.25, -0.2) is 0 Å². The van der Waals surface area contributed by atoms with Gasteiger partial charge in [0.05, 0.1) is 5.56 Å². The fraction of sp³-hybridized carbons (Fsp3) is 0.500. The Balaban J connectivity index is 1.82. The first-order valence-electron chi connectivity index (χ1n) is 8.24. The smallest absolute Gasteiger partial charge is 0.259 e. The van der Waals surface area contributed by atoms with Crippen LogP contribution in [0, 0.1) is 11.3 Å². The van der Waals surface area contributed by atoms with Crippen molar-refractivity contribution in [3.8, 4) is 16.9 Å². The topological polar surface area (TPSA) is 83.9 Å². The molecule has 2 heterocycles. The van der Waals surface area contributed by atoms with Gasteiger partial charge in [0.1, 0.15) is 0 Å². The first kappa shape index (κ1) is 15.9. The molecule has 0 radical (unpaired) electrons. The second kappa shape index (κ2) is 6.24. The van der Waals surface area contributed by atoms with E-state index < -0.39 is 0 Å². The van der Waals surface area contributed by atoms with E-state index in [1.807, 2.05) is 12.1 Å². The highest BCUT2D eigenvalue weighted by molar-refractivity contribution is 5.69. The Morgan fingerprint density at radius 3 is 2.70 bits per heavy atom. The monoisotopic (exact) mass is 315 g/mol. The van der Waals surface area contributed by atoms with Gasteiger partial charge in [-0.3, -0.25) is 4.79 Å². The van der Waals surface area contributed by atoms with Gasteiger partial charge < -0.3 is 14.8 Å². The molecule has 2 aromatic heterocycles. The van der Waals surface area contributed by atoms with E-state index >= 15 is 0 Å². The third-order valence-corrected chi connectivity index (χ3v) is 5.03. The lowest BCUT2D eigenvalue weighted by Gasteiger charge is -2.34. The average molecular weight is 315 g/mol. The summed E-state index contributed by atoms with van der Waals surface area (Å²) in [5.74, 6) is 6.44. The van der Waals surface area contributed by atoms with Crippen molar-refractivity contribution in [1.29, 1.82) is 0 Å². The molecule has 5 heteroatoms. The van der Waals surface area contributed by atoms with Gasteiger partial charge in [-0.1, -0.05) is 13.8 Å². The summed E-state index contributed by atoms with van der Waals surface area (Å²) in [6.45, 7) is 4.66. The zero-order valence-electron chi connectivity index (χ0n) is 13.8. The van der Waals surface area contributed by atoms with Gasteiger partial charge in [0.15, 0.2) is 5.75 Å². The lowest BCUT2D eigenvalue weighted by molar-refractivity contribution is 0.190. The number of hydrogen-bond donors (Lipinski definition) is 3. The van der Waals surface area contributed by atoms with Crippen molar-refractivity contribution in [3.05, 3.63) is 40.6 Å². The SMILES string of the molecule is CC1(C)CCC(Cc2cc(ON)c(-c3cc[nH]c3)c(=O)[nH]2)CC1. The Kier molecular flexibility index (Phi) is 4.31. The maximum atomic E-state index is 12.5. The van der Waals surface area contributed by atoms with Gasteiger partial charge in [-0.15, -0.1) is 0 Å². The fourth-order valence-corrected chi connectivity index (χ4v) is 3.52. The van der Waals surface area contributed by atoms with Crippen LogP contribution in [0.2, 0.25) is 0 Å². The third kappa shape index (κ3) is 3.50. The molecule has 23 heavy (non-hydrogen) atoms. The Morgan fingerprint density at radius 2 is 2.09 bits per heavy atom. The van der Waals surface area contributed by atoms with E-state index in [-0.39, 0.29) is 5.56 Å². The molecule has 1 aliphatic rings. The first-order chi connectivity index (χ1) is 11.0. The number of aromatic nitrogens is 2. The average Bonchev–Trinajstić information content (AvgIpc) is 3.02. The van der Waals surface area contributed by atoms with Gasteiger partial charge >= 0.3 is 0 Å². The summed E-state index contributed by atoms with van der Waals surface area (Å²) in [7, 11) is 0. The summed E-state index contributed by atoms with van der Waals surface area (Å²) >= 11 is 0. The minimum atomic E-state index is -0.154. The Hall–Kier alpha value is -2.01. The van der Waals surface area contributed by atoms with Crippen LogP contribution in [-0.4, -0.2) is 9.97 Å². The van der Waals surface area contributed by atoms with Crippen LogP contribution < -0.4 is 16.3 Å². The van der Waals surface area contributed by atoms with Crippen LogP contribution in [0.5, 0.6) is 5.75 Å². The van der Waals surface area contributed by atoms with Crippen LogP contribution in [-0.2, 0) is 6.42 Å². The van der Waals surface area contributed by atoms with Crippen molar-refractivity contribution in [2.75, 3.05) is 0 Å². The number of nitrogens with two attached hydrogens (primary N) is 1. The lowest BCUT2D eigenvalue weighted by Crippen LogP contribution is -2.23. The molecule has 5 nitrogen and oxygen atoms in total. The molecule has 1 saturated carbocycles. The van der Waals surface area contributed by atoms with Crippen LogP contribution in [0.25, 0.3) is 11.1 Å². The number of pyridine rings is 1. The van der Waals surface area contributed by atoms with Crippen molar-refractivity contribution in [3.63, 3.8) is 0 Å². The zero-order valence-corrected chi connectivity index (χ0v) is 13.8. The highest BCUT2D eigenvalue weighted by atomic mass is 16.6. The van der Waals surface area contributed by atoms with Gasteiger partial charge in [0.25, 0.3) is 5.56 Å². The maximum Gasteiger partial charge on any atom is 0.259 e. The number of aromatic amines is 2. The number of hydrogen-bond acceptors (Lipinski definition) is 3.